The molecule has 1 aliphatic rings. The molecular weight excluding hydrogens is 248 g/mol. The Kier molecular flexibility index (Phi) is 4.55. The molecule has 1 unspecified atom stereocenters. The van der Waals surface area contributed by atoms with E-state index < -0.39 is 0 Å². The first-order chi connectivity index (χ1) is 9.32. The van der Waals surface area contributed by atoms with Crippen molar-refractivity contribution in [3.05, 3.63) is 17.5 Å². The second kappa shape index (κ2) is 5.86. The fourth-order valence-corrected chi connectivity index (χ4v) is 3.15. The van der Waals surface area contributed by atoms with E-state index in [9.17, 15) is 0 Å². The van der Waals surface area contributed by atoms with E-state index in [0.29, 0.717) is 12.6 Å². The summed E-state index contributed by atoms with van der Waals surface area (Å²) >= 11 is 0. The van der Waals surface area contributed by atoms with E-state index in [4.69, 9.17) is 10.8 Å². The number of hydrogen-bond acceptors (Lipinski definition) is 3. The van der Waals surface area contributed by atoms with Gasteiger partial charge in [0.2, 0.25) is 0 Å². The number of aromatic nitrogens is 2. The van der Waals surface area contributed by atoms with Crippen LogP contribution in [-0.4, -0.2) is 34.3 Å². The Morgan fingerprint density at radius 3 is 2.45 bits per heavy atom. The van der Waals surface area contributed by atoms with Crippen molar-refractivity contribution in [3.63, 3.8) is 0 Å². The molecular formula is C16H30N4. The van der Waals surface area contributed by atoms with Crippen molar-refractivity contribution in [2.75, 3.05) is 19.6 Å². The number of nitrogens with zero attached hydrogens (tertiary/aromatic N) is 3. The van der Waals surface area contributed by atoms with Gasteiger partial charge in [0, 0.05) is 30.8 Å². The molecule has 0 radical (unpaired) electrons. The third-order valence-corrected chi connectivity index (χ3v) is 4.41. The number of nitrogens with two attached hydrogens (primary N) is 1. The topological polar surface area (TPSA) is 47.1 Å². The van der Waals surface area contributed by atoms with Crippen LogP contribution in [0.1, 0.15) is 57.8 Å². The van der Waals surface area contributed by atoms with Crippen molar-refractivity contribution in [2.45, 2.75) is 52.0 Å². The fourth-order valence-electron chi connectivity index (χ4n) is 3.15. The molecule has 114 valence electrons. The lowest BCUT2D eigenvalue weighted by Crippen LogP contribution is -2.40. The van der Waals surface area contributed by atoms with Gasteiger partial charge in [-0.2, -0.15) is 5.10 Å². The number of aryl methyl sites for hydroxylation is 1. The summed E-state index contributed by atoms with van der Waals surface area (Å²) in [4.78, 5) is 2.55. The van der Waals surface area contributed by atoms with E-state index in [1.165, 1.54) is 24.1 Å². The molecule has 0 bridgehead atoms. The molecule has 0 saturated carbocycles. The highest BCUT2D eigenvalue weighted by Crippen LogP contribution is 2.32. The first-order valence-corrected chi connectivity index (χ1v) is 7.81. The van der Waals surface area contributed by atoms with Crippen LogP contribution in [0.2, 0.25) is 0 Å². The van der Waals surface area contributed by atoms with Crippen molar-refractivity contribution in [1.29, 1.82) is 0 Å². The quantitative estimate of drug-likeness (QED) is 0.924. The van der Waals surface area contributed by atoms with Crippen LogP contribution >= 0.6 is 0 Å². The summed E-state index contributed by atoms with van der Waals surface area (Å²) in [6, 6.07) is 0.311. The van der Waals surface area contributed by atoms with Crippen molar-refractivity contribution in [1.82, 2.24) is 14.7 Å². The normalized spacial score (nSPS) is 20.3. The molecule has 20 heavy (non-hydrogen) atoms. The Labute approximate surface area is 123 Å². The fraction of sp³-hybridized carbons (Fsp3) is 0.812. The van der Waals surface area contributed by atoms with Crippen LogP contribution in [0, 0.1) is 5.92 Å². The third kappa shape index (κ3) is 3.23. The molecule has 1 atom stereocenters. The van der Waals surface area contributed by atoms with Gasteiger partial charge in [-0.3, -0.25) is 9.58 Å². The maximum atomic E-state index is 6.11. The molecule has 1 aliphatic heterocycles. The molecule has 0 spiro atoms. The van der Waals surface area contributed by atoms with Crippen LogP contribution in [0.15, 0.2) is 6.20 Å². The van der Waals surface area contributed by atoms with Crippen LogP contribution < -0.4 is 5.73 Å². The lowest BCUT2D eigenvalue weighted by atomic mass is 9.86. The number of hydrogen-bond donors (Lipinski definition) is 1. The largest absolute Gasteiger partial charge is 0.329 e. The molecule has 1 aromatic heterocycles. The Hall–Kier alpha value is -0.870. The first kappa shape index (κ1) is 15.5. The van der Waals surface area contributed by atoms with Gasteiger partial charge in [-0.1, -0.05) is 27.7 Å². The average Bonchev–Trinajstić information content (AvgIpc) is 2.74. The SMILES string of the molecule is CC1CCN(C(CN)c2cn(C)nc2C(C)(C)C)CC1. The zero-order valence-electron chi connectivity index (χ0n) is 13.7. The minimum atomic E-state index is 0.0626. The maximum Gasteiger partial charge on any atom is 0.0726 e. The third-order valence-electron chi connectivity index (χ3n) is 4.41. The lowest BCUT2D eigenvalue weighted by molar-refractivity contribution is 0.140. The molecule has 1 saturated heterocycles. The van der Waals surface area contributed by atoms with Crippen molar-refractivity contribution >= 4 is 0 Å². The highest BCUT2D eigenvalue weighted by Gasteiger charge is 2.30. The van der Waals surface area contributed by atoms with Gasteiger partial charge in [0.1, 0.15) is 0 Å². The van der Waals surface area contributed by atoms with Crippen molar-refractivity contribution < 1.29 is 0 Å². The molecule has 2 heterocycles. The predicted molar refractivity (Wildman–Crippen MR) is 83.7 cm³/mol. The van der Waals surface area contributed by atoms with E-state index >= 15 is 0 Å². The van der Waals surface area contributed by atoms with E-state index in [1.54, 1.807) is 0 Å². The van der Waals surface area contributed by atoms with E-state index in [0.717, 1.165) is 19.0 Å². The highest BCUT2D eigenvalue weighted by molar-refractivity contribution is 5.28. The van der Waals surface area contributed by atoms with Crippen molar-refractivity contribution in [3.8, 4) is 0 Å². The van der Waals surface area contributed by atoms with Crippen LogP contribution in [0.3, 0.4) is 0 Å². The Balaban J connectivity index is 2.28. The number of likely N-dealkylation sites (tertiary alicyclic amines) is 1. The summed E-state index contributed by atoms with van der Waals surface area (Å²) in [5.41, 5.74) is 8.68. The minimum absolute atomic E-state index is 0.0626. The van der Waals surface area contributed by atoms with Gasteiger partial charge >= 0.3 is 0 Å². The Morgan fingerprint density at radius 1 is 1.35 bits per heavy atom. The van der Waals surface area contributed by atoms with Gasteiger partial charge in [-0.05, 0) is 31.8 Å². The molecule has 0 aromatic carbocycles. The van der Waals surface area contributed by atoms with Crippen LogP contribution in [0.5, 0.6) is 0 Å². The van der Waals surface area contributed by atoms with Gasteiger partial charge < -0.3 is 5.73 Å². The summed E-state index contributed by atoms with van der Waals surface area (Å²) in [6.45, 7) is 12.0. The van der Waals surface area contributed by atoms with E-state index in [-0.39, 0.29) is 5.41 Å². The van der Waals surface area contributed by atoms with Gasteiger partial charge in [0.15, 0.2) is 0 Å². The molecule has 2 N–H and O–H groups in total. The average molecular weight is 278 g/mol. The zero-order chi connectivity index (χ0) is 14.9. The minimum Gasteiger partial charge on any atom is -0.329 e. The highest BCUT2D eigenvalue weighted by atomic mass is 15.3. The summed E-state index contributed by atoms with van der Waals surface area (Å²) in [6.07, 6.45) is 4.72. The van der Waals surface area contributed by atoms with Gasteiger partial charge in [-0.15, -0.1) is 0 Å². The second-order valence-electron chi connectivity index (χ2n) is 7.33. The molecule has 1 aromatic rings. The van der Waals surface area contributed by atoms with Crippen LogP contribution in [0.25, 0.3) is 0 Å². The molecule has 4 heteroatoms. The molecule has 1 fully saturated rings. The van der Waals surface area contributed by atoms with Crippen LogP contribution in [0.4, 0.5) is 0 Å². The summed E-state index contributed by atoms with van der Waals surface area (Å²) in [5, 5.41) is 4.69. The molecule has 0 aliphatic carbocycles. The molecule has 4 nitrogen and oxygen atoms in total. The second-order valence-corrected chi connectivity index (χ2v) is 7.33. The van der Waals surface area contributed by atoms with E-state index in [2.05, 4.69) is 38.8 Å². The monoisotopic (exact) mass is 278 g/mol. The van der Waals surface area contributed by atoms with Crippen molar-refractivity contribution in [2.24, 2.45) is 18.7 Å². The van der Waals surface area contributed by atoms with E-state index in [1.807, 2.05) is 11.7 Å². The summed E-state index contributed by atoms with van der Waals surface area (Å²) in [7, 11) is 2.00. The Morgan fingerprint density at radius 2 is 1.95 bits per heavy atom. The summed E-state index contributed by atoms with van der Waals surface area (Å²) in [5.74, 6) is 0.848. The number of piperidine rings is 1. The van der Waals surface area contributed by atoms with Gasteiger partial charge in [0.25, 0.3) is 0 Å². The predicted octanol–water partition coefficient (Wildman–Crippen LogP) is 2.45. The summed E-state index contributed by atoms with van der Waals surface area (Å²) < 4.78 is 1.94. The standard InChI is InChI=1S/C16H30N4/c1-12-6-8-20(9-7-12)14(10-17)13-11-19(5)18-15(13)16(2,3)4/h11-12,14H,6-10,17H2,1-5H3. The molecule has 2 rings (SSSR count). The van der Waals surface area contributed by atoms with Gasteiger partial charge in [-0.25, -0.2) is 0 Å². The van der Waals surface area contributed by atoms with Gasteiger partial charge in [0.05, 0.1) is 11.7 Å². The first-order valence-electron chi connectivity index (χ1n) is 7.81. The maximum absolute atomic E-state index is 6.11. The molecule has 0 amide bonds. The smallest absolute Gasteiger partial charge is 0.0726 e. The van der Waals surface area contributed by atoms with Crippen LogP contribution in [-0.2, 0) is 12.5 Å². The lowest BCUT2D eigenvalue weighted by Gasteiger charge is -2.37. The Bertz CT molecular complexity index is 436. The number of rotatable bonds is 3. The zero-order valence-corrected chi connectivity index (χ0v) is 13.7.